The number of amides is 1. The number of nitrogens with one attached hydrogen (secondary N) is 2. The van der Waals surface area contributed by atoms with Gasteiger partial charge >= 0.3 is 5.97 Å². The standard InChI is InChI=1S/C17H19FN4O4S/c1-2-3-8-11(16(25)26)27-17-21-13(19)12(15(24)22-17)20-14(23)9-6-4-5-7-10(9)18/h4-7,11H,2-3,8H2,1H3,(H,20,23)(H,25,26)(H3,19,21,22,24)/t11-/m1/s1. The Morgan fingerprint density at radius 1 is 1.41 bits per heavy atom. The minimum atomic E-state index is -1.02. The van der Waals surface area contributed by atoms with E-state index in [9.17, 15) is 23.9 Å². The number of halogens is 1. The van der Waals surface area contributed by atoms with E-state index in [1.165, 1.54) is 18.2 Å². The van der Waals surface area contributed by atoms with Crippen molar-refractivity contribution in [3.8, 4) is 0 Å². The van der Waals surface area contributed by atoms with Crippen molar-refractivity contribution in [3.63, 3.8) is 0 Å². The normalized spacial score (nSPS) is 11.8. The first-order valence-corrected chi connectivity index (χ1v) is 9.06. The van der Waals surface area contributed by atoms with Gasteiger partial charge in [-0.2, -0.15) is 0 Å². The van der Waals surface area contributed by atoms with Crippen LogP contribution in [0.5, 0.6) is 0 Å². The Hall–Kier alpha value is -2.88. The summed E-state index contributed by atoms with van der Waals surface area (Å²) in [7, 11) is 0. The number of carboxylic acids is 1. The van der Waals surface area contributed by atoms with Gasteiger partial charge in [-0.25, -0.2) is 9.37 Å². The SMILES string of the molecule is CCCC[C@@H](Sc1nc(N)c(NC(=O)c2ccccc2F)c(=O)[nH]1)C(=O)O. The van der Waals surface area contributed by atoms with Crippen LogP contribution in [-0.4, -0.2) is 32.2 Å². The molecule has 0 aliphatic carbocycles. The Morgan fingerprint density at radius 3 is 2.70 bits per heavy atom. The Bertz CT molecular complexity index is 903. The van der Waals surface area contributed by atoms with Gasteiger partial charge in [-0.05, 0) is 18.6 Å². The molecule has 0 aliphatic heterocycles. The molecular weight excluding hydrogens is 375 g/mol. The fourth-order valence-electron chi connectivity index (χ4n) is 2.23. The fourth-order valence-corrected chi connectivity index (χ4v) is 3.19. The molecule has 0 fully saturated rings. The third-order valence-corrected chi connectivity index (χ3v) is 4.77. The number of rotatable bonds is 8. The van der Waals surface area contributed by atoms with Crippen molar-refractivity contribution in [1.29, 1.82) is 0 Å². The molecule has 5 N–H and O–H groups in total. The molecule has 2 aromatic rings. The molecule has 1 heterocycles. The second kappa shape index (κ2) is 9.17. The summed E-state index contributed by atoms with van der Waals surface area (Å²) in [5.41, 5.74) is 4.41. The number of hydrogen-bond donors (Lipinski definition) is 4. The van der Waals surface area contributed by atoms with Crippen LogP contribution in [-0.2, 0) is 4.79 Å². The van der Waals surface area contributed by atoms with E-state index in [-0.39, 0.29) is 22.2 Å². The first kappa shape index (κ1) is 20.4. The topological polar surface area (TPSA) is 138 Å². The summed E-state index contributed by atoms with van der Waals surface area (Å²) < 4.78 is 13.7. The van der Waals surface area contributed by atoms with Crippen molar-refractivity contribution in [3.05, 3.63) is 46.0 Å². The van der Waals surface area contributed by atoms with E-state index in [4.69, 9.17) is 5.73 Å². The number of H-pyrrole nitrogens is 1. The van der Waals surface area contributed by atoms with E-state index in [2.05, 4.69) is 15.3 Å². The molecular formula is C17H19FN4O4S. The van der Waals surface area contributed by atoms with E-state index in [1.807, 2.05) is 6.92 Å². The molecule has 8 nitrogen and oxygen atoms in total. The summed E-state index contributed by atoms with van der Waals surface area (Å²) in [6, 6.07) is 5.28. The number of benzene rings is 1. The van der Waals surface area contributed by atoms with Crippen LogP contribution in [0.15, 0.2) is 34.2 Å². The van der Waals surface area contributed by atoms with Gasteiger partial charge in [0.15, 0.2) is 11.0 Å². The number of carboxylic acid groups (broad SMARTS) is 1. The first-order valence-electron chi connectivity index (χ1n) is 8.18. The molecule has 1 atom stereocenters. The maximum absolute atomic E-state index is 13.7. The number of aromatic amines is 1. The summed E-state index contributed by atoms with van der Waals surface area (Å²) in [5.74, 6) is -2.90. The van der Waals surface area contributed by atoms with Crippen molar-refractivity contribution in [2.45, 2.75) is 36.6 Å². The Kier molecular flexibility index (Phi) is 6.94. The molecule has 0 unspecified atom stereocenters. The van der Waals surface area contributed by atoms with Crippen LogP contribution in [0.25, 0.3) is 0 Å². The summed E-state index contributed by atoms with van der Waals surface area (Å²) in [6.07, 6.45) is 1.95. The van der Waals surface area contributed by atoms with E-state index < -0.39 is 28.5 Å². The molecule has 27 heavy (non-hydrogen) atoms. The van der Waals surface area contributed by atoms with Gasteiger partial charge in [0.05, 0.1) is 5.56 Å². The highest BCUT2D eigenvalue weighted by Crippen LogP contribution is 2.25. The van der Waals surface area contributed by atoms with Crippen LogP contribution in [0.4, 0.5) is 15.9 Å². The van der Waals surface area contributed by atoms with Gasteiger partial charge in [-0.3, -0.25) is 19.4 Å². The quantitative estimate of drug-likeness (QED) is 0.398. The van der Waals surface area contributed by atoms with Crippen molar-refractivity contribution < 1.29 is 19.1 Å². The van der Waals surface area contributed by atoms with Crippen molar-refractivity contribution >= 4 is 35.1 Å². The molecule has 10 heteroatoms. The van der Waals surface area contributed by atoms with Crippen LogP contribution in [0.2, 0.25) is 0 Å². The molecule has 0 bridgehead atoms. The van der Waals surface area contributed by atoms with Crippen molar-refractivity contribution in [2.24, 2.45) is 0 Å². The van der Waals surface area contributed by atoms with Gasteiger partial charge in [0, 0.05) is 0 Å². The molecule has 0 spiro atoms. The second-order valence-electron chi connectivity index (χ2n) is 5.65. The maximum atomic E-state index is 13.7. The van der Waals surface area contributed by atoms with E-state index in [0.717, 1.165) is 24.2 Å². The Morgan fingerprint density at radius 2 is 2.11 bits per heavy atom. The number of aromatic nitrogens is 2. The number of carbonyl (C=O) groups is 2. The van der Waals surface area contributed by atoms with Gasteiger partial charge in [0.1, 0.15) is 16.8 Å². The largest absolute Gasteiger partial charge is 0.480 e. The highest BCUT2D eigenvalue weighted by Gasteiger charge is 2.22. The highest BCUT2D eigenvalue weighted by atomic mass is 32.2. The lowest BCUT2D eigenvalue weighted by Crippen LogP contribution is -2.24. The van der Waals surface area contributed by atoms with Crippen LogP contribution in [0.1, 0.15) is 36.5 Å². The maximum Gasteiger partial charge on any atom is 0.317 e. The number of thioether (sulfide) groups is 1. The number of unbranched alkanes of at least 4 members (excludes halogenated alkanes) is 1. The third kappa shape index (κ3) is 5.30. The molecule has 0 saturated heterocycles. The lowest BCUT2D eigenvalue weighted by Gasteiger charge is -2.12. The van der Waals surface area contributed by atoms with Gasteiger partial charge < -0.3 is 16.2 Å². The minimum Gasteiger partial charge on any atom is -0.480 e. The Labute approximate surface area is 158 Å². The van der Waals surface area contributed by atoms with Gasteiger partial charge in [-0.1, -0.05) is 43.7 Å². The molecule has 0 radical (unpaired) electrons. The van der Waals surface area contributed by atoms with Crippen LogP contribution < -0.4 is 16.6 Å². The number of nitrogens with two attached hydrogens (primary N) is 1. The number of anilines is 2. The first-order chi connectivity index (χ1) is 12.8. The highest BCUT2D eigenvalue weighted by molar-refractivity contribution is 8.00. The molecule has 0 aliphatic rings. The number of carbonyl (C=O) groups excluding carboxylic acids is 1. The molecule has 0 saturated carbocycles. The average Bonchev–Trinajstić information content (AvgIpc) is 2.61. The van der Waals surface area contributed by atoms with E-state index in [0.29, 0.717) is 12.8 Å². The molecule has 1 aromatic heterocycles. The van der Waals surface area contributed by atoms with E-state index in [1.54, 1.807) is 0 Å². The molecule has 1 aromatic carbocycles. The number of hydrogen-bond acceptors (Lipinski definition) is 6. The smallest absolute Gasteiger partial charge is 0.317 e. The fraction of sp³-hybridized carbons (Fsp3) is 0.294. The lowest BCUT2D eigenvalue weighted by molar-refractivity contribution is -0.136. The molecule has 2 rings (SSSR count). The zero-order chi connectivity index (χ0) is 20.0. The van der Waals surface area contributed by atoms with Crippen LogP contribution in [0.3, 0.4) is 0 Å². The predicted octanol–water partition coefficient (Wildman–Crippen LogP) is 2.48. The number of nitrogen functional groups attached to an aromatic ring is 1. The number of aliphatic carboxylic acids is 1. The van der Waals surface area contributed by atoms with Gasteiger partial charge in [-0.15, -0.1) is 0 Å². The third-order valence-electron chi connectivity index (χ3n) is 3.63. The zero-order valence-electron chi connectivity index (χ0n) is 14.5. The number of nitrogens with zero attached hydrogens (tertiary/aromatic N) is 1. The lowest BCUT2D eigenvalue weighted by atomic mass is 10.2. The van der Waals surface area contributed by atoms with Crippen molar-refractivity contribution in [2.75, 3.05) is 11.1 Å². The Balaban J connectivity index is 2.21. The average molecular weight is 394 g/mol. The summed E-state index contributed by atoms with van der Waals surface area (Å²) in [6.45, 7) is 1.94. The van der Waals surface area contributed by atoms with Gasteiger partial charge in [0.25, 0.3) is 11.5 Å². The summed E-state index contributed by atoms with van der Waals surface area (Å²) >= 11 is 0.873. The summed E-state index contributed by atoms with van der Waals surface area (Å²) in [4.78, 5) is 42.0. The second-order valence-corrected chi connectivity index (χ2v) is 6.84. The predicted molar refractivity (Wildman–Crippen MR) is 100 cm³/mol. The van der Waals surface area contributed by atoms with Crippen LogP contribution >= 0.6 is 11.8 Å². The molecule has 144 valence electrons. The van der Waals surface area contributed by atoms with Crippen LogP contribution in [0, 0.1) is 5.82 Å². The van der Waals surface area contributed by atoms with E-state index >= 15 is 0 Å². The molecule has 1 amide bonds. The van der Waals surface area contributed by atoms with Gasteiger partial charge in [0.2, 0.25) is 0 Å². The summed E-state index contributed by atoms with van der Waals surface area (Å²) in [5, 5.41) is 10.7. The monoisotopic (exact) mass is 394 g/mol. The zero-order valence-corrected chi connectivity index (χ0v) is 15.3. The van der Waals surface area contributed by atoms with Crippen molar-refractivity contribution in [1.82, 2.24) is 9.97 Å². The minimum absolute atomic E-state index is 0.0323.